The highest BCUT2D eigenvalue weighted by molar-refractivity contribution is 5.58. The van der Waals surface area contributed by atoms with Crippen LogP contribution < -0.4 is 16.6 Å². The van der Waals surface area contributed by atoms with Crippen molar-refractivity contribution in [2.75, 3.05) is 10.7 Å². The van der Waals surface area contributed by atoms with Crippen LogP contribution in [0.3, 0.4) is 0 Å². The van der Waals surface area contributed by atoms with Gasteiger partial charge in [0.15, 0.2) is 5.69 Å². The zero-order valence-corrected chi connectivity index (χ0v) is 10.2. The molecule has 0 aliphatic heterocycles. The second-order valence-corrected chi connectivity index (χ2v) is 3.85. The number of nitrogens with zero attached hydrogens (tertiary/aromatic N) is 2. The first-order valence-electron chi connectivity index (χ1n) is 5.44. The maximum Gasteiger partial charge on any atom is 0.433 e. The van der Waals surface area contributed by atoms with Gasteiger partial charge in [0.1, 0.15) is 17.5 Å². The molecule has 0 aliphatic carbocycles. The molecule has 2 aromatic rings. The van der Waals surface area contributed by atoms with Gasteiger partial charge in [0.2, 0.25) is 5.95 Å². The lowest BCUT2D eigenvalue weighted by Crippen LogP contribution is -2.16. The lowest BCUT2D eigenvalue weighted by atomic mass is 10.3. The van der Waals surface area contributed by atoms with E-state index in [-0.39, 0.29) is 11.5 Å². The first-order valence-corrected chi connectivity index (χ1v) is 5.44. The summed E-state index contributed by atoms with van der Waals surface area (Å²) in [5.41, 5.74) is 0.361. The van der Waals surface area contributed by atoms with Crippen LogP contribution in [-0.4, -0.2) is 9.97 Å². The van der Waals surface area contributed by atoms with Gasteiger partial charge in [-0.25, -0.2) is 19.6 Å². The number of benzene rings is 1. The molecule has 1 aromatic carbocycles. The molecule has 0 saturated carbocycles. The smallest absolute Gasteiger partial charge is 0.338 e. The van der Waals surface area contributed by atoms with Crippen molar-refractivity contribution >= 4 is 17.5 Å². The van der Waals surface area contributed by atoms with E-state index in [2.05, 4.69) is 15.3 Å². The van der Waals surface area contributed by atoms with Crippen LogP contribution in [0.15, 0.2) is 24.3 Å². The number of halogens is 5. The molecular weight excluding hydrogens is 297 g/mol. The molecule has 2 rings (SSSR count). The minimum atomic E-state index is -4.73. The third-order valence-corrected chi connectivity index (χ3v) is 2.34. The van der Waals surface area contributed by atoms with Crippen LogP contribution in [0, 0.1) is 11.6 Å². The number of nitrogens with two attached hydrogens (primary N) is 1. The predicted octanol–water partition coefficient (Wildman–Crippen LogP) is 2.80. The molecular formula is C11H8F5N5. The highest BCUT2D eigenvalue weighted by Crippen LogP contribution is 2.30. The van der Waals surface area contributed by atoms with Crippen molar-refractivity contribution in [1.29, 1.82) is 0 Å². The van der Waals surface area contributed by atoms with Crippen LogP contribution in [-0.2, 0) is 6.18 Å². The quantitative estimate of drug-likeness (QED) is 0.462. The first kappa shape index (κ1) is 14.9. The van der Waals surface area contributed by atoms with Gasteiger partial charge in [0.05, 0.1) is 5.69 Å². The van der Waals surface area contributed by atoms with Gasteiger partial charge < -0.3 is 5.32 Å². The molecule has 0 saturated heterocycles. The maximum absolute atomic E-state index is 13.4. The standard InChI is InChI=1S/C11H8F5N5/c12-5-1-2-7(6(13)3-5)18-9-4-8(11(14,15)16)19-10(20-9)21-17/h1-4H,17H2,(H2,18,19,20,21). The number of rotatable bonds is 3. The highest BCUT2D eigenvalue weighted by Gasteiger charge is 2.33. The number of nitrogen functional groups attached to an aromatic ring is 1. The van der Waals surface area contributed by atoms with E-state index in [0.29, 0.717) is 12.1 Å². The van der Waals surface area contributed by atoms with Crippen molar-refractivity contribution in [2.45, 2.75) is 6.18 Å². The number of aromatic nitrogens is 2. The van der Waals surface area contributed by atoms with Gasteiger partial charge in [0, 0.05) is 12.1 Å². The molecule has 1 aromatic heterocycles. The van der Waals surface area contributed by atoms with Gasteiger partial charge >= 0.3 is 6.18 Å². The summed E-state index contributed by atoms with van der Waals surface area (Å²) in [6.07, 6.45) is -4.73. The Bertz CT molecular complexity index is 658. The molecule has 0 atom stereocenters. The van der Waals surface area contributed by atoms with Gasteiger partial charge in [-0.2, -0.15) is 18.2 Å². The van der Waals surface area contributed by atoms with Gasteiger partial charge in [-0.05, 0) is 12.1 Å². The fourth-order valence-electron chi connectivity index (χ4n) is 1.45. The summed E-state index contributed by atoms with van der Waals surface area (Å²) >= 11 is 0. The largest absolute Gasteiger partial charge is 0.433 e. The van der Waals surface area contributed by atoms with E-state index >= 15 is 0 Å². The number of hydrazine groups is 1. The summed E-state index contributed by atoms with van der Waals surface area (Å²) in [6, 6.07) is 3.12. The van der Waals surface area contributed by atoms with E-state index in [1.165, 1.54) is 0 Å². The molecule has 0 fully saturated rings. The molecule has 0 unspecified atom stereocenters. The molecule has 0 spiro atoms. The summed E-state index contributed by atoms with van der Waals surface area (Å²) in [7, 11) is 0. The Morgan fingerprint density at radius 2 is 1.76 bits per heavy atom. The molecule has 0 aliphatic rings. The second-order valence-electron chi connectivity index (χ2n) is 3.85. The molecule has 0 amide bonds. The summed E-state index contributed by atoms with van der Waals surface area (Å²) in [4.78, 5) is 6.74. The van der Waals surface area contributed by atoms with Crippen molar-refractivity contribution in [1.82, 2.24) is 9.97 Å². The van der Waals surface area contributed by atoms with Crippen molar-refractivity contribution in [3.05, 3.63) is 41.6 Å². The minimum Gasteiger partial charge on any atom is -0.338 e. The Morgan fingerprint density at radius 3 is 2.33 bits per heavy atom. The normalized spacial score (nSPS) is 11.3. The second kappa shape index (κ2) is 5.48. The highest BCUT2D eigenvalue weighted by atomic mass is 19.4. The molecule has 1 heterocycles. The van der Waals surface area contributed by atoms with E-state index in [1.807, 2.05) is 5.43 Å². The van der Waals surface area contributed by atoms with Crippen molar-refractivity contribution < 1.29 is 22.0 Å². The van der Waals surface area contributed by atoms with E-state index in [4.69, 9.17) is 5.84 Å². The SMILES string of the molecule is NNc1nc(Nc2ccc(F)cc2F)cc(C(F)(F)F)n1. The number of alkyl halides is 3. The topological polar surface area (TPSA) is 75.9 Å². The minimum absolute atomic E-state index is 0.244. The number of hydrogen-bond acceptors (Lipinski definition) is 5. The number of hydrogen-bond donors (Lipinski definition) is 3. The molecule has 4 N–H and O–H groups in total. The summed E-state index contributed by atoms with van der Waals surface area (Å²) in [5.74, 6) is 2.32. The Labute approximate surface area is 115 Å². The summed E-state index contributed by atoms with van der Waals surface area (Å²) in [5, 5.41) is 2.30. The van der Waals surface area contributed by atoms with Gasteiger partial charge in [0.25, 0.3) is 0 Å². The first-order chi connectivity index (χ1) is 9.79. The summed E-state index contributed by atoms with van der Waals surface area (Å²) < 4.78 is 64.1. The molecule has 21 heavy (non-hydrogen) atoms. The van der Waals surface area contributed by atoms with Crippen LogP contribution >= 0.6 is 0 Å². The lowest BCUT2D eigenvalue weighted by molar-refractivity contribution is -0.141. The third kappa shape index (κ3) is 3.54. The third-order valence-electron chi connectivity index (χ3n) is 2.34. The van der Waals surface area contributed by atoms with Crippen molar-refractivity contribution in [3.63, 3.8) is 0 Å². The molecule has 5 nitrogen and oxygen atoms in total. The van der Waals surface area contributed by atoms with Gasteiger partial charge in [-0.3, -0.25) is 5.43 Å². The van der Waals surface area contributed by atoms with E-state index < -0.39 is 29.5 Å². The zero-order chi connectivity index (χ0) is 15.6. The Kier molecular flexibility index (Phi) is 3.89. The fraction of sp³-hybridized carbons (Fsp3) is 0.0909. The monoisotopic (exact) mass is 305 g/mol. The zero-order valence-electron chi connectivity index (χ0n) is 10.2. The Hall–Kier alpha value is -2.49. The van der Waals surface area contributed by atoms with Crippen LogP contribution in [0.4, 0.5) is 39.4 Å². The Morgan fingerprint density at radius 1 is 1.05 bits per heavy atom. The van der Waals surface area contributed by atoms with E-state index in [1.54, 1.807) is 0 Å². The summed E-state index contributed by atoms with van der Waals surface area (Å²) in [6.45, 7) is 0. The van der Waals surface area contributed by atoms with E-state index in [9.17, 15) is 22.0 Å². The van der Waals surface area contributed by atoms with Crippen molar-refractivity contribution in [3.8, 4) is 0 Å². The molecule has 0 radical (unpaired) electrons. The lowest BCUT2D eigenvalue weighted by Gasteiger charge is -2.11. The van der Waals surface area contributed by atoms with Gasteiger partial charge in [-0.1, -0.05) is 0 Å². The number of nitrogens with one attached hydrogen (secondary N) is 2. The Balaban J connectivity index is 2.39. The molecule has 10 heteroatoms. The van der Waals surface area contributed by atoms with Gasteiger partial charge in [-0.15, -0.1) is 0 Å². The van der Waals surface area contributed by atoms with E-state index in [0.717, 1.165) is 12.1 Å². The predicted molar refractivity (Wildman–Crippen MR) is 64.5 cm³/mol. The van der Waals surface area contributed by atoms with Crippen molar-refractivity contribution in [2.24, 2.45) is 5.84 Å². The maximum atomic E-state index is 13.4. The fourth-order valence-corrected chi connectivity index (χ4v) is 1.45. The average molecular weight is 305 g/mol. The van der Waals surface area contributed by atoms with Crippen LogP contribution in [0.25, 0.3) is 0 Å². The van der Waals surface area contributed by atoms with Crippen LogP contribution in [0.2, 0.25) is 0 Å². The average Bonchev–Trinajstić information content (AvgIpc) is 2.40. The number of anilines is 3. The van der Waals surface area contributed by atoms with Crippen LogP contribution in [0.1, 0.15) is 5.69 Å². The van der Waals surface area contributed by atoms with Crippen LogP contribution in [0.5, 0.6) is 0 Å². The molecule has 0 bridgehead atoms. The molecule has 112 valence electrons.